The smallest absolute Gasteiger partial charge is 0.247 e. The Labute approximate surface area is 142 Å². The predicted molar refractivity (Wildman–Crippen MR) is 91.5 cm³/mol. The number of piperidine rings is 1. The molecule has 1 N–H and O–H groups in total. The van der Waals surface area contributed by atoms with Gasteiger partial charge in [-0.1, -0.05) is 17.7 Å². The average molecular weight is 328 g/mol. The largest absolute Gasteiger partial charge is 0.421 e. The van der Waals surface area contributed by atoms with Gasteiger partial charge in [0.15, 0.2) is 0 Å². The summed E-state index contributed by atoms with van der Waals surface area (Å²) in [6.07, 6.45) is 2.87. The molecule has 2 aromatic rings. The zero-order valence-corrected chi connectivity index (χ0v) is 14.3. The Morgan fingerprint density at radius 1 is 1.25 bits per heavy atom. The van der Waals surface area contributed by atoms with E-state index in [0.717, 1.165) is 31.5 Å². The normalized spacial score (nSPS) is 16.2. The van der Waals surface area contributed by atoms with Gasteiger partial charge in [-0.25, -0.2) is 0 Å². The van der Waals surface area contributed by atoms with Crippen molar-refractivity contribution >= 4 is 5.91 Å². The van der Waals surface area contributed by atoms with Gasteiger partial charge in [0, 0.05) is 24.4 Å². The first-order chi connectivity index (χ1) is 11.6. The molecule has 0 saturated carbocycles. The number of aromatic nitrogens is 2. The fraction of sp³-hybridized carbons (Fsp3) is 0.500. The monoisotopic (exact) mass is 328 g/mol. The van der Waals surface area contributed by atoms with E-state index in [1.54, 1.807) is 0 Å². The van der Waals surface area contributed by atoms with Crippen LogP contribution < -0.4 is 5.32 Å². The van der Waals surface area contributed by atoms with Crippen molar-refractivity contribution in [3.8, 4) is 11.5 Å². The Morgan fingerprint density at radius 2 is 1.96 bits per heavy atom. The van der Waals surface area contributed by atoms with E-state index < -0.39 is 0 Å². The minimum atomic E-state index is 0.0552. The summed E-state index contributed by atoms with van der Waals surface area (Å²) in [5.41, 5.74) is 2.08. The fourth-order valence-corrected chi connectivity index (χ4v) is 2.84. The van der Waals surface area contributed by atoms with Crippen molar-refractivity contribution in [2.45, 2.75) is 38.6 Å². The van der Waals surface area contributed by atoms with E-state index in [0.29, 0.717) is 30.7 Å². The Bertz CT molecular complexity index is 673. The number of likely N-dealkylation sites (tertiary alicyclic amines) is 1. The van der Waals surface area contributed by atoms with Crippen molar-refractivity contribution in [3.05, 3.63) is 35.7 Å². The molecule has 0 bridgehead atoms. The molecule has 128 valence electrons. The van der Waals surface area contributed by atoms with Crippen LogP contribution in [0.4, 0.5) is 0 Å². The number of aryl methyl sites for hydroxylation is 2. The number of hydrogen-bond donors (Lipinski definition) is 1. The Kier molecular flexibility index (Phi) is 5.25. The molecule has 1 fully saturated rings. The van der Waals surface area contributed by atoms with E-state index >= 15 is 0 Å². The Hall–Kier alpha value is -2.21. The van der Waals surface area contributed by atoms with Gasteiger partial charge in [0.1, 0.15) is 0 Å². The number of nitrogens with one attached hydrogen (secondary N) is 1. The number of nitrogens with zero attached hydrogens (tertiary/aromatic N) is 3. The summed E-state index contributed by atoms with van der Waals surface area (Å²) < 4.78 is 5.66. The van der Waals surface area contributed by atoms with Crippen LogP contribution in [0.2, 0.25) is 0 Å². The zero-order chi connectivity index (χ0) is 16.9. The third kappa shape index (κ3) is 4.41. The van der Waals surface area contributed by atoms with Crippen LogP contribution in [0.3, 0.4) is 0 Å². The quantitative estimate of drug-likeness (QED) is 0.911. The lowest BCUT2D eigenvalue weighted by Gasteiger charge is -2.29. The summed E-state index contributed by atoms with van der Waals surface area (Å²) in [4.78, 5) is 14.4. The summed E-state index contributed by atoms with van der Waals surface area (Å²) in [7, 11) is 2.11. The topological polar surface area (TPSA) is 71.3 Å². The van der Waals surface area contributed by atoms with Gasteiger partial charge in [-0.05, 0) is 52.0 Å². The van der Waals surface area contributed by atoms with E-state index in [1.165, 1.54) is 5.56 Å². The van der Waals surface area contributed by atoms with Gasteiger partial charge in [0.25, 0.3) is 0 Å². The molecule has 0 atom stereocenters. The number of benzene rings is 1. The third-order valence-electron chi connectivity index (χ3n) is 4.41. The molecule has 2 heterocycles. The SMILES string of the molecule is Cc1ccc(-c2nnc(CCC(=O)NC3CCN(C)CC3)o2)cc1. The van der Waals surface area contributed by atoms with Crippen molar-refractivity contribution in [2.75, 3.05) is 20.1 Å². The maximum absolute atomic E-state index is 12.1. The third-order valence-corrected chi connectivity index (χ3v) is 4.41. The molecule has 0 radical (unpaired) electrons. The highest BCUT2D eigenvalue weighted by Crippen LogP contribution is 2.18. The minimum Gasteiger partial charge on any atom is -0.421 e. The minimum absolute atomic E-state index is 0.0552. The van der Waals surface area contributed by atoms with Crippen LogP contribution in [-0.4, -0.2) is 47.2 Å². The second kappa shape index (κ2) is 7.57. The van der Waals surface area contributed by atoms with E-state index in [1.807, 2.05) is 31.2 Å². The Balaban J connectivity index is 1.48. The lowest BCUT2D eigenvalue weighted by Crippen LogP contribution is -2.43. The molecule has 0 spiro atoms. The molecular weight excluding hydrogens is 304 g/mol. The second-order valence-electron chi connectivity index (χ2n) is 6.51. The van der Waals surface area contributed by atoms with Gasteiger partial charge in [-0.2, -0.15) is 0 Å². The number of hydrogen-bond acceptors (Lipinski definition) is 5. The van der Waals surface area contributed by atoms with Gasteiger partial charge >= 0.3 is 0 Å². The molecule has 0 aliphatic carbocycles. The van der Waals surface area contributed by atoms with E-state index in [-0.39, 0.29) is 5.91 Å². The van der Waals surface area contributed by atoms with Crippen molar-refractivity contribution in [1.29, 1.82) is 0 Å². The van der Waals surface area contributed by atoms with Gasteiger partial charge in [0.2, 0.25) is 17.7 Å². The van der Waals surface area contributed by atoms with Crippen LogP contribution in [0.5, 0.6) is 0 Å². The van der Waals surface area contributed by atoms with E-state index in [4.69, 9.17) is 4.42 Å². The van der Waals surface area contributed by atoms with E-state index in [9.17, 15) is 4.79 Å². The molecule has 24 heavy (non-hydrogen) atoms. The average Bonchev–Trinajstić information content (AvgIpc) is 3.05. The summed E-state index contributed by atoms with van der Waals surface area (Å²) in [5.74, 6) is 1.06. The standard InChI is InChI=1S/C18H24N4O2/c1-13-3-5-14(6-4-13)18-21-20-17(24-18)8-7-16(23)19-15-9-11-22(2)12-10-15/h3-6,15H,7-12H2,1-2H3,(H,19,23). The summed E-state index contributed by atoms with van der Waals surface area (Å²) >= 11 is 0. The van der Waals surface area contributed by atoms with Crippen LogP contribution >= 0.6 is 0 Å². The summed E-state index contributed by atoms with van der Waals surface area (Å²) in [6, 6.07) is 8.22. The highest BCUT2D eigenvalue weighted by atomic mass is 16.4. The number of carbonyl (C=O) groups excluding carboxylic acids is 1. The van der Waals surface area contributed by atoms with Crippen LogP contribution in [0.25, 0.3) is 11.5 Å². The molecule has 1 amide bonds. The molecule has 6 heteroatoms. The van der Waals surface area contributed by atoms with Gasteiger partial charge < -0.3 is 14.6 Å². The summed E-state index contributed by atoms with van der Waals surface area (Å²) in [6.45, 7) is 4.11. The Morgan fingerprint density at radius 3 is 2.67 bits per heavy atom. The first kappa shape index (κ1) is 16.6. The van der Waals surface area contributed by atoms with Crippen LogP contribution in [0.1, 0.15) is 30.7 Å². The molecule has 1 saturated heterocycles. The maximum atomic E-state index is 12.1. The molecule has 6 nitrogen and oxygen atoms in total. The van der Waals surface area contributed by atoms with Crippen LogP contribution in [0.15, 0.2) is 28.7 Å². The van der Waals surface area contributed by atoms with Gasteiger partial charge in [-0.15, -0.1) is 10.2 Å². The highest BCUT2D eigenvalue weighted by Gasteiger charge is 2.18. The second-order valence-corrected chi connectivity index (χ2v) is 6.51. The molecule has 1 aliphatic rings. The van der Waals surface area contributed by atoms with Crippen molar-refractivity contribution < 1.29 is 9.21 Å². The van der Waals surface area contributed by atoms with Crippen molar-refractivity contribution in [1.82, 2.24) is 20.4 Å². The molecule has 3 rings (SSSR count). The molecule has 1 aliphatic heterocycles. The maximum Gasteiger partial charge on any atom is 0.247 e. The van der Waals surface area contributed by atoms with E-state index in [2.05, 4.69) is 27.5 Å². The van der Waals surface area contributed by atoms with Gasteiger partial charge in [0.05, 0.1) is 0 Å². The van der Waals surface area contributed by atoms with Crippen LogP contribution in [-0.2, 0) is 11.2 Å². The number of rotatable bonds is 5. The number of carbonyl (C=O) groups is 1. The zero-order valence-electron chi connectivity index (χ0n) is 14.3. The lowest BCUT2D eigenvalue weighted by molar-refractivity contribution is -0.122. The fourth-order valence-electron chi connectivity index (χ4n) is 2.84. The summed E-state index contributed by atoms with van der Waals surface area (Å²) in [5, 5.41) is 11.2. The first-order valence-corrected chi connectivity index (χ1v) is 8.47. The number of amides is 1. The van der Waals surface area contributed by atoms with Crippen molar-refractivity contribution in [2.24, 2.45) is 0 Å². The molecule has 1 aromatic carbocycles. The highest BCUT2D eigenvalue weighted by molar-refractivity contribution is 5.76. The first-order valence-electron chi connectivity index (χ1n) is 8.47. The molecule has 1 aromatic heterocycles. The lowest BCUT2D eigenvalue weighted by atomic mass is 10.1. The van der Waals surface area contributed by atoms with Gasteiger partial charge in [-0.3, -0.25) is 4.79 Å². The van der Waals surface area contributed by atoms with Crippen molar-refractivity contribution in [3.63, 3.8) is 0 Å². The van der Waals surface area contributed by atoms with Crippen LogP contribution in [0, 0.1) is 6.92 Å². The molecule has 0 unspecified atom stereocenters. The predicted octanol–water partition coefficient (Wildman–Crippen LogP) is 2.19. The molecular formula is C18H24N4O2.